The Morgan fingerprint density at radius 3 is 2.31 bits per heavy atom. The molecule has 0 unspecified atom stereocenters. The Bertz CT molecular complexity index is 466. The molecule has 0 saturated heterocycles. The highest BCUT2D eigenvalue weighted by Gasteiger charge is 2.30. The van der Waals surface area contributed by atoms with Crippen molar-refractivity contribution in [3.8, 4) is 0 Å². The first-order chi connectivity index (χ1) is 7.47. The van der Waals surface area contributed by atoms with Crippen LogP contribution in [0, 0.1) is 5.82 Å². The molecule has 0 amide bonds. The molecule has 1 fully saturated rings. The van der Waals surface area contributed by atoms with Crippen molar-refractivity contribution in [2.75, 3.05) is 0 Å². The van der Waals surface area contributed by atoms with Crippen LogP contribution in [0.25, 0.3) is 0 Å². The summed E-state index contributed by atoms with van der Waals surface area (Å²) in [5.74, 6) is -0.454. The number of nitrogens with two attached hydrogens (primary N) is 1. The summed E-state index contributed by atoms with van der Waals surface area (Å²) < 4.78 is 38.7. The zero-order chi connectivity index (χ0) is 11.8. The molecule has 0 bridgehead atoms. The standard InChI is InChI=1S/C10H13FN2O2S/c11-7-1-3-10(4-2-7)16(14,15)13-9-5-8(12)6-9/h1-4,8-9,13H,5-6,12H2. The number of benzene rings is 1. The molecule has 0 aliphatic heterocycles. The van der Waals surface area contributed by atoms with Crippen molar-refractivity contribution in [3.63, 3.8) is 0 Å². The van der Waals surface area contributed by atoms with Gasteiger partial charge in [-0.15, -0.1) is 0 Å². The van der Waals surface area contributed by atoms with Crippen molar-refractivity contribution in [3.05, 3.63) is 30.1 Å². The maximum absolute atomic E-state index is 12.6. The van der Waals surface area contributed by atoms with Gasteiger partial charge >= 0.3 is 0 Å². The fourth-order valence-corrected chi connectivity index (χ4v) is 2.92. The van der Waals surface area contributed by atoms with Crippen LogP contribution in [0.5, 0.6) is 0 Å². The molecule has 4 nitrogen and oxygen atoms in total. The van der Waals surface area contributed by atoms with Gasteiger partial charge in [0.2, 0.25) is 10.0 Å². The summed E-state index contributed by atoms with van der Waals surface area (Å²) >= 11 is 0. The predicted octanol–water partition coefficient (Wildman–Crippen LogP) is 0.594. The molecule has 1 aromatic rings. The van der Waals surface area contributed by atoms with Crippen LogP contribution in [0.15, 0.2) is 29.2 Å². The molecule has 2 rings (SSSR count). The quantitative estimate of drug-likeness (QED) is 0.817. The highest BCUT2D eigenvalue weighted by atomic mass is 32.2. The van der Waals surface area contributed by atoms with Crippen LogP contribution in [0.2, 0.25) is 0 Å². The molecule has 1 aliphatic rings. The Morgan fingerprint density at radius 2 is 1.81 bits per heavy atom. The number of sulfonamides is 1. The van der Waals surface area contributed by atoms with Gasteiger partial charge in [0.05, 0.1) is 4.90 Å². The Kier molecular flexibility index (Phi) is 2.96. The molecule has 0 heterocycles. The molecular weight excluding hydrogens is 231 g/mol. The van der Waals surface area contributed by atoms with Crippen molar-refractivity contribution in [2.45, 2.75) is 29.8 Å². The van der Waals surface area contributed by atoms with Crippen molar-refractivity contribution in [2.24, 2.45) is 5.73 Å². The van der Waals surface area contributed by atoms with Crippen molar-refractivity contribution in [1.29, 1.82) is 0 Å². The zero-order valence-corrected chi connectivity index (χ0v) is 9.37. The van der Waals surface area contributed by atoms with Crippen LogP contribution in [0.4, 0.5) is 4.39 Å². The van der Waals surface area contributed by atoms with E-state index < -0.39 is 15.8 Å². The lowest BCUT2D eigenvalue weighted by atomic mass is 9.89. The van der Waals surface area contributed by atoms with Gasteiger partial charge in [0.15, 0.2) is 0 Å². The third kappa shape index (κ3) is 2.40. The molecule has 16 heavy (non-hydrogen) atoms. The van der Waals surface area contributed by atoms with Gasteiger partial charge in [-0.25, -0.2) is 17.5 Å². The molecule has 1 saturated carbocycles. The summed E-state index contributed by atoms with van der Waals surface area (Å²) in [5.41, 5.74) is 5.56. The molecule has 0 spiro atoms. The second kappa shape index (κ2) is 4.12. The fourth-order valence-electron chi connectivity index (χ4n) is 1.66. The van der Waals surface area contributed by atoms with Crippen molar-refractivity contribution in [1.82, 2.24) is 4.72 Å². The number of rotatable bonds is 3. The van der Waals surface area contributed by atoms with E-state index in [1.165, 1.54) is 12.1 Å². The van der Waals surface area contributed by atoms with Crippen LogP contribution >= 0.6 is 0 Å². The van der Waals surface area contributed by atoms with Crippen molar-refractivity contribution >= 4 is 10.0 Å². The van der Waals surface area contributed by atoms with Gasteiger partial charge in [-0.2, -0.15) is 0 Å². The van der Waals surface area contributed by atoms with Crippen LogP contribution in [-0.2, 0) is 10.0 Å². The summed E-state index contributed by atoms with van der Waals surface area (Å²) in [5, 5.41) is 0. The summed E-state index contributed by atoms with van der Waals surface area (Å²) in [6.45, 7) is 0. The predicted molar refractivity (Wildman–Crippen MR) is 57.7 cm³/mol. The van der Waals surface area contributed by atoms with Crippen molar-refractivity contribution < 1.29 is 12.8 Å². The average molecular weight is 244 g/mol. The smallest absolute Gasteiger partial charge is 0.240 e. The minimum absolute atomic E-state index is 0.0781. The largest absolute Gasteiger partial charge is 0.328 e. The maximum atomic E-state index is 12.6. The Labute approximate surface area is 93.7 Å². The molecule has 0 aromatic heterocycles. The van der Waals surface area contributed by atoms with E-state index >= 15 is 0 Å². The first kappa shape index (κ1) is 11.5. The molecule has 88 valence electrons. The Morgan fingerprint density at radius 1 is 1.25 bits per heavy atom. The Hall–Kier alpha value is -0.980. The number of hydrogen-bond acceptors (Lipinski definition) is 3. The molecule has 1 aromatic carbocycles. The lowest BCUT2D eigenvalue weighted by Crippen LogP contribution is -2.50. The molecule has 1 aliphatic carbocycles. The van der Waals surface area contributed by atoms with Crippen LogP contribution < -0.4 is 10.5 Å². The van der Waals surface area contributed by atoms with Crippen LogP contribution in [-0.4, -0.2) is 20.5 Å². The minimum Gasteiger partial charge on any atom is -0.328 e. The summed E-state index contributed by atoms with van der Waals surface area (Å²) in [6.07, 6.45) is 1.31. The molecule has 0 radical (unpaired) electrons. The first-order valence-corrected chi connectivity index (χ1v) is 6.49. The minimum atomic E-state index is -3.53. The van der Waals surface area contributed by atoms with E-state index in [9.17, 15) is 12.8 Å². The number of halogens is 1. The van der Waals surface area contributed by atoms with E-state index in [1.54, 1.807) is 0 Å². The van der Waals surface area contributed by atoms with E-state index in [-0.39, 0.29) is 17.0 Å². The Balaban J connectivity index is 2.10. The summed E-state index contributed by atoms with van der Waals surface area (Å²) in [4.78, 5) is 0.0781. The highest BCUT2D eigenvalue weighted by Crippen LogP contribution is 2.20. The average Bonchev–Trinajstić information content (AvgIpc) is 2.15. The van der Waals surface area contributed by atoms with Gasteiger partial charge in [0.1, 0.15) is 5.82 Å². The molecule has 0 atom stereocenters. The summed E-state index contributed by atoms with van der Waals surface area (Å²) in [6, 6.07) is 4.74. The highest BCUT2D eigenvalue weighted by molar-refractivity contribution is 7.89. The number of nitrogens with one attached hydrogen (secondary N) is 1. The third-order valence-corrected chi connectivity index (χ3v) is 4.16. The summed E-state index contributed by atoms with van der Waals surface area (Å²) in [7, 11) is -3.53. The topological polar surface area (TPSA) is 72.2 Å². The fraction of sp³-hybridized carbons (Fsp3) is 0.400. The second-order valence-corrected chi connectivity index (χ2v) is 5.72. The van der Waals surface area contributed by atoms with Gasteiger partial charge in [-0.1, -0.05) is 0 Å². The zero-order valence-electron chi connectivity index (χ0n) is 8.56. The number of hydrogen-bond donors (Lipinski definition) is 2. The first-order valence-electron chi connectivity index (χ1n) is 5.01. The van der Waals surface area contributed by atoms with Gasteiger partial charge in [-0.3, -0.25) is 0 Å². The van der Waals surface area contributed by atoms with Gasteiger partial charge in [-0.05, 0) is 37.1 Å². The van der Waals surface area contributed by atoms with Crippen LogP contribution in [0.1, 0.15) is 12.8 Å². The van der Waals surface area contributed by atoms with Crippen LogP contribution in [0.3, 0.4) is 0 Å². The second-order valence-electron chi connectivity index (χ2n) is 4.00. The maximum Gasteiger partial charge on any atom is 0.240 e. The normalized spacial score (nSPS) is 25.1. The van der Waals surface area contributed by atoms with E-state index in [1.807, 2.05) is 0 Å². The van der Waals surface area contributed by atoms with E-state index in [0.717, 1.165) is 12.1 Å². The SMILES string of the molecule is NC1CC(NS(=O)(=O)c2ccc(F)cc2)C1. The van der Waals surface area contributed by atoms with Gasteiger partial charge in [0.25, 0.3) is 0 Å². The monoisotopic (exact) mass is 244 g/mol. The lowest BCUT2D eigenvalue weighted by Gasteiger charge is -2.32. The van der Waals surface area contributed by atoms with Gasteiger partial charge in [0, 0.05) is 12.1 Å². The molecule has 6 heteroatoms. The van der Waals surface area contributed by atoms with Gasteiger partial charge < -0.3 is 5.73 Å². The third-order valence-electron chi connectivity index (χ3n) is 2.62. The van der Waals surface area contributed by atoms with E-state index in [0.29, 0.717) is 12.8 Å². The molecule has 3 N–H and O–H groups in total. The lowest BCUT2D eigenvalue weighted by molar-refractivity contribution is 0.327. The van der Waals surface area contributed by atoms with E-state index in [2.05, 4.69) is 4.72 Å². The molecular formula is C10H13FN2O2S. The van der Waals surface area contributed by atoms with E-state index in [4.69, 9.17) is 5.73 Å².